The highest BCUT2D eigenvalue weighted by molar-refractivity contribution is 5.89. The first-order valence-corrected chi connectivity index (χ1v) is 7.13. The van der Waals surface area contributed by atoms with Crippen LogP contribution in [0.25, 0.3) is 0 Å². The van der Waals surface area contributed by atoms with Crippen LogP contribution in [0.5, 0.6) is 5.75 Å². The molecule has 2 rings (SSSR count). The van der Waals surface area contributed by atoms with Crippen LogP contribution in [0.3, 0.4) is 0 Å². The van der Waals surface area contributed by atoms with Crippen LogP contribution in [0.15, 0.2) is 28.8 Å². The zero-order chi connectivity index (χ0) is 16.2. The Hall–Kier alpha value is -2.37. The minimum Gasteiger partial charge on any atom is -0.484 e. The normalized spacial score (nSPS) is 11.3. The predicted molar refractivity (Wildman–Crippen MR) is 79.7 cm³/mol. The van der Waals surface area contributed by atoms with Gasteiger partial charge in [0.2, 0.25) is 0 Å². The molecular weight excluding hydrogens is 284 g/mol. The molecule has 0 amide bonds. The molecule has 0 aliphatic heterocycles. The van der Waals surface area contributed by atoms with Gasteiger partial charge in [0, 0.05) is 5.41 Å². The van der Waals surface area contributed by atoms with Gasteiger partial charge in [0.05, 0.1) is 12.2 Å². The lowest BCUT2D eigenvalue weighted by Gasteiger charge is -2.10. The number of benzene rings is 1. The van der Waals surface area contributed by atoms with Gasteiger partial charge < -0.3 is 14.0 Å². The lowest BCUT2D eigenvalue weighted by molar-refractivity contribution is 0.0526. The molecule has 22 heavy (non-hydrogen) atoms. The van der Waals surface area contributed by atoms with Crippen molar-refractivity contribution in [1.82, 2.24) is 10.1 Å². The van der Waals surface area contributed by atoms with Gasteiger partial charge >= 0.3 is 5.97 Å². The fourth-order valence-corrected chi connectivity index (χ4v) is 1.66. The average Bonchev–Trinajstić information content (AvgIpc) is 2.95. The third kappa shape index (κ3) is 4.07. The second-order valence-electron chi connectivity index (χ2n) is 5.80. The average molecular weight is 304 g/mol. The standard InChI is InChI=1S/C16H20N2O4/c1-5-20-14(19)11-6-8-12(9-7-11)21-10-13-17-15(18-22-13)16(2,3)4/h6-9H,5,10H2,1-4H3. The maximum absolute atomic E-state index is 11.5. The highest BCUT2D eigenvalue weighted by Crippen LogP contribution is 2.19. The monoisotopic (exact) mass is 304 g/mol. The molecule has 0 bridgehead atoms. The van der Waals surface area contributed by atoms with Crippen molar-refractivity contribution in [2.45, 2.75) is 39.7 Å². The Morgan fingerprint density at radius 2 is 1.91 bits per heavy atom. The lowest BCUT2D eigenvalue weighted by atomic mass is 9.96. The third-order valence-electron chi connectivity index (χ3n) is 2.87. The van der Waals surface area contributed by atoms with E-state index in [-0.39, 0.29) is 18.0 Å². The van der Waals surface area contributed by atoms with Crippen LogP contribution in [-0.4, -0.2) is 22.7 Å². The summed E-state index contributed by atoms with van der Waals surface area (Å²) < 4.78 is 15.6. The molecule has 1 aromatic carbocycles. The summed E-state index contributed by atoms with van der Waals surface area (Å²) in [5.74, 6) is 1.33. The Morgan fingerprint density at radius 1 is 1.23 bits per heavy atom. The van der Waals surface area contributed by atoms with Crippen LogP contribution >= 0.6 is 0 Å². The number of esters is 1. The summed E-state index contributed by atoms with van der Waals surface area (Å²) >= 11 is 0. The van der Waals surface area contributed by atoms with E-state index in [1.54, 1.807) is 31.2 Å². The van der Waals surface area contributed by atoms with E-state index in [0.717, 1.165) is 0 Å². The summed E-state index contributed by atoms with van der Waals surface area (Å²) in [4.78, 5) is 15.8. The minimum atomic E-state index is -0.347. The molecule has 0 aliphatic rings. The fourth-order valence-electron chi connectivity index (χ4n) is 1.66. The summed E-state index contributed by atoms with van der Waals surface area (Å²) in [6, 6.07) is 6.71. The lowest BCUT2D eigenvalue weighted by Crippen LogP contribution is -2.13. The maximum Gasteiger partial charge on any atom is 0.338 e. The Balaban J connectivity index is 1.94. The molecule has 0 spiro atoms. The molecule has 0 unspecified atom stereocenters. The SMILES string of the molecule is CCOC(=O)c1ccc(OCc2nc(C(C)(C)C)no2)cc1. The van der Waals surface area contributed by atoms with Gasteiger partial charge in [-0.15, -0.1) is 0 Å². The molecule has 0 N–H and O–H groups in total. The summed E-state index contributed by atoms with van der Waals surface area (Å²) in [5, 5.41) is 3.93. The van der Waals surface area contributed by atoms with Crippen LogP contribution in [-0.2, 0) is 16.8 Å². The molecule has 0 aliphatic carbocycles. The second-order valence-corrected chi connectivity index (χ2v) is 5.80. The molecule has 0 saturated heterocycles. The van der Waals surface area contributed by atoms with E-state index >= 15 is 0 Å². The van der Waals surface area contributed by atoms with Crippen molar-refractivity contribution in [1.29, 1.82) is 0 Å². The molecule has 0 fully saturated rings. The Bertz CT molecular complexity index is 626. The number of hydrogen-bond donors (Lipinski definition) is 0. The summed E-state index contributed by atoms with van der Waals surface area (Å²) in [5.41, 5.74) is 0.324. The van der Waals surface area contributed by atoms with Crippen molar-refractivity contribution >= 4 is 5.97 Å². The van der Waals surface area contributed by atoms with E-state index in [9.17, 15) is 4.79 Å². The van der Waals surface area contributed by atoms with Crippen LogP contribution < -0.4 is 4.74 Å². The highest BCUT2D eigenvalue weighted by Gasteiger charge is 2.21. The van der Waals surface area contributed by atoms with Gasteiger partial charge in [0.15, 0.2) is 12.4 Å². The van der Waals surface area contributed by atoms with Crippen LogP contribution in [0.1, 0.15) is 49.8 Å². The summed E-state index contributed by atoms with van der Waals surface area (Å²) in [7, 11) is 0. The van der Waals surface area contributed by atoms with Gasteiger partial charge in [-0.25, -0.2) is 4.79 Å². The zero-order valence-electron chi connectivity index (χ0n) is 13.3. The molecular formula is C16H20N2O4. The second kappa shape index (κ2) is 6.60. The number of aromatic nitrogens is 2. The largest absolute Gasteiger partial charge is 0.484 e. The predicted octanol–water partition coefficient (Wildman–Crippen LogP) is 3.12. The van der Waals surface area contributed by atoms with Crippen molar-refractivity contribution in [3.63, 3.8) is 0 Å². The van der Waals surface area contributed by atoms with Crippen molar-refractivity contribution in [3.8, 4) is 5.75 Å². The molecule has 6 heteroatoms. The van der Waals surface area contributed by atoms with Crippen LogP contribution in [0, 0.1) is 0 Å². The van der Waals surface area contributed by atoms with Gasteiger partial charge in [0.25, 0.3) is 5.89 Å². The molecule has 0 atom stereocenters. The van der Waals surface area contributed by atoms with E-state index < -0.39 is 0 Å². The number of rotatable bonds is 5. The van der Waals surface area contributed by atoms with Gasteiger partial charge in [-0.1, -0.05) is 25.9 Å². The van der Waals surface area contributed by atoms with E-state index in [1.165, 1.54) is 0 Å². The molecule has 1 heterocycles. The van der Waals surface area contributed by atoms with E-state index in [2.05, 4.69) is 10.1 Å². The first kappa shape index (κ1) is 16.0. The van der Waals surface area contributed by atoms with E-state index in [1.807, 2.05) is 20.8 Å². The number of hydrogen-bond acceptors (Lipinski definition) is 6. The highest BCUT2D eigenvalue weighted by atomic mass is 16.5. The van der Waals surface area contributed by atoms with Crippen molar-refractivity contribution in [2.24, 2.45) is 0 Å². The van der Waals surface area contributed by atoms with Gasteiger partial charge in [-0.05, 0) is 31.2 Å². The van der Waals surface area contributed by atoms with Gasteiger partial charge in [-0.3, -0.25) is 0 Å². The van der Waals surface area contributed by atoms with Gasteiger partial charge in [0.1, 0.15) is 5.75 Å². The smallest absolute Gasteiger partial charge is 0.338 e. The molecule has 2 aromatic rings. The Kier molecular flexibility index (Phi) is 4.80. The molecule has 0 saturated carbocycles. The topological polar surface area (TPSA) is 74.5 Å². The fraction of sp³-hybridized carbons (Fsp3) is 0.438. The maximum atomic E-state index is 11.5. The van der Waals surface area contributed by atoms with Crippen LogP contribution in [0.2, 0.25) is 0 Å². The number of nitrogens with zero attached hydrogens (tertiary/aromatic N) is 2. The zero-order valence-corrected chi connectivity index (χ0v) is 13.3. The Labute approximate surface area is 129 Å². The van der Waals surface area contributed by atoms with E-state index in [0.29, 0.717) is 29.6 Å². The molecule has 1 aromatic heterocycles. The first-order chi connectivity index (χ1) is 10.4. The molecule has 118 valence electrons. The minimum absolute atomic E-state index is 0.164. The third-order valence-corrected chi connectivity index (χ3v) is 2.87. The molecule has 0 radical (unpaired) electrons. The molecule has 6 nitrogen and oxygen atoms in total. The number of carbonyl (C=O) groups is 1. The summed E-state index contributed by atoms with van der Waals surface area (Å²) in [6.07, 6.45) is 0. The quantitative estimate of drug-likeness (QED) is 0.790. The first-order valence-electron chi connectivity index (χ1n) is 7.13. The van der Waals surface area contributed by atoms with Crippen molar-refractivity contribution in [2.75, 3.05) is 6.61 Å². The number of ether oxygens (including phenoxy) is 2. The van der Waals surface area contributed by atoms with E-state index in [4.69, 9.17) is 14.0 Å². The van der Waals surface area contributed by atoms with Gasteiger partial charge in [-0.2, -0.15) is 4.98 Å². The van der Waals surface area contributed by atoms with Crippen molar-refractivity contribution in [3.05, 3.63) is 41.5 Å². The Morgan fingerprint density at radius 3 is 2.45 bits per heavy atom. The van der Waals surface area contributed by atoms with Crippen molar-refractivity contribution < 1.29 is 18.8 Å². The summed E-state index contributed by atoms with van der Waals surface area (Å²) in [6.45, 7) is 8.33. The number of carbonyl (C=O) groups excluding carboxylic acids is 1. The van der Waals surface area contributed by atoms with Crippen LogP contribution in [0.4, 0.5) is 0 Å².